The first-order valence-corrected chi connectivity index (χ1v) is 7.33. The first-order chi connectivity index (χ1) is 11.0. The van der Waals surface area contributed by atoms with Gasteiger partial charge < -0.3 is 26.8 Å². The van der Waals surface area contributed by atoms with Crippen molar-refractivity contribution < 1.29 is 14.7 Å². The largest absolute Gasteiger partial charge is 0.480 e. The Kier molecular flexibility index (Phi) is 8.16. The third-order valence-electron chi connectivity index (χ3n) is 3.08. The van der Waals surface area contributed by atoms with Crippen LogP contribution in [0.15, 0.2) is 30.3 Å². The molecule has 126 valence electrons. The molecule has 1 aromatic carbocycles. The molecule has 0 radical (unpaired) electrons. The second-order valence-electron chi connectivity index (χ2n) is 5.03. The van der Waals surface area contributed by atoms with Gasteiger partial charge >= 0.3 is 5.97 Å². The lowest BCUT2D eigenvalue weighted by atomic mass is 10.1. The smallest absolute Gasteiger partial charge is 0.326 e. The Labute approximate surface area is 135 Å². The van der Waals surface area contributed by atoms with Gasteiger partial charge in [-0.15, -0.1) is 0 Å². The monoisotopic (exact) mass is 321 g/mol. The minimum absolute atomic E-state index is 0.0460. The van der Waals surface area contributed by atoms with E-state index in [9.17, 15) is 9.59 Å². The van der Waals surface area contributed by atoms with Crippen LogP contribution in [0.5, 0.6) is 0 Å². The van der Waals surface area contributed by atoms with E-state index < -0.39 is 12.0 Å². The first kappa shape index (κ1) is 18.4. The zero-order valence-electron chi connectivity index (χ0n) is 12.8. The number of amides is 1. The number of hydrogen-bond donors (Lipinski definition) is 6. The Bertz CT molecular complexity index is 521. The molecule has 1 rings (SSSR count). The van der Waals surface area contributed by atoms with Crippen molar-refractivity contribution >= 4 is 17.8 Å². The van der Waals surface area contributed by atoms with E-state index >= 15 is 0 Å². The van der Waals surface area contributed by atoms with Gasteiger partial charge in [0.1, 0.15) is 6.04 Å². The van der Waals surface area contributed by atoms with Gasteiger partial charge in [-0.05, 0) is 18.4 Å². The second kappa shape index (κ2) is 10.2. The van der Waals surface area contributed by atoms with Crippen LogP contribution < -0.4 is 21.7 Å². The summed E-state index contributed by atoms with van der Waals surface area (Å²) in [6, 6.07) is 8.66. The Hall–Kier alpha value is -2.61. The van der Waals surface area contributed by atoms with Gasteiger partial charge in [0, 0.05) is 13.1 Å². The fourth-order valence-corrected chi connectivity index (χ4v) is 1.95. The molecule has 0 spiro atoms. The second-order valence-corrected chi connectivity index (χ2v) is 5.03. The molecule has 1 unspecified atom stereocenters. The number of carboxylic acid groups (broad SMARTS) is 1. The minimum atomic E-state index is -1.08. The highest BCUT2D eigenvalue weighted by Crippen LogP contribution is 1.98. The van der Waals surface area contributed by atoms with E-state index in [1.165, 1.54) is 0 Å². The number of nitrogens with one attached hydrogen (secondary N) is 4. The average Bonchev–Trinajstić information content (AvgIpc) is 2.51. The van der Waals surface area contributed by atoms with E-state index in [1.807, 2.05) is 30.3 Å². The highest BCUT2D eigenvalue weighted by atomic mass is 16.4. The van der Waals surface area contributed by atoms with Gasteiger partial charge in [0.2, 0.25) is 5.91 Å². The lowest BCUT2D eigenvalue weighted by Gasteiger charge is -2.15. The number of hydrogen-bond acceptors (Lipinski definition) is 4. The fourth-order valence-electron chi connectivity index (χ4n) is 1.95. The minimum Gasteiger partial charge on any atom is -0.480 e. The molecular formula is C15H23N5O3. The summed E-state index contributed by atoms with van der Waals surface area (Å²) in [4.78, 5) is 22.9. The van der Waals surface area contributed by atoms with Crippen molar-refractivity contribution in [3.05, 3.63) is 35.9 Å². The molecule has 0 heterocycles. The third kappa shape index (κ3) is 8.42. The van der Waals surface area contributed by atoms with Crippen molar-refractivity contribution in [2.75, 3.05) is 13.1 Å². The van der Waals surface area contributed by atoms with E-state index in [0.717, 1.165) is 5.56 Å². The van der Waals surface area contributed by atoms with Crippen LogP contribution in [0.25, 0.3) is 0 Å². The molecule has 0 saturated heterocycles. The summed E-state index contributed by atoms with van der Waals surface area (Å²) in [6.07, 6.45) is 0.744. The molecule has 23 heavy (non-hydrogen) atoms. The van der Waals surface area contributed by atoms with Gasteiger partial charge in [0.25, 0.3) is 0 Å². The van der Waals surface area contributed by atoms with Gasteiger partial charge in [-0.2, -0.15) is 0 Å². The van der Waals surface area contributed by atoms with E-state index in [4.69, 9.17) is 16.2 Å². The zero-order chi connectivity index (χ0) is 17.1. The maximum atomic E-state index is 11.8. The number of benzene rings is 1. The van der Waals surface area contributed by atoms with E-state index in [-0.39, 0.29) is 24.8 Å². The summed E-state index contributed by atoms with van der Waals surface area (Å²) in [7, 11) is 0. The van der Waals surface area contributed by atoms with Crippen LogP contribution in [0.4, 0.5) is 0 Å². The molecule has 7 N–H and O–H groups in total. The molecule has 0 aliphatic heterocycles. The summed E-state index contributed by atoms with van der Waals surface area (Å²) >= 11 is 0. The fraction of sp³-hybridized carbons (Fsp3) is 0.400. The number of guanidine groups is 1. The van der Waals surface area contributed by atoms with Crippen molar-refractivity contribution in [1.29, 1.82) is 5.41 Å². The Balaban J connectivity index is 2.27. The topological polar surface area (TPSA) is 140 Å². The SMILES string of the molecule is N=C(N)NCCCC(NC(=O)CNCc1ccccc1)C(=O)O. The van der Waals surface area contributed by atoms with Gasteiger partial charge in [-0.3, -0.25) is 10.2 Å². The molecular weight excluding hydrogens is 298 g/mol. The maximum Gasteiger partial charge on any atom is 0.326 e. The molecule has 0 aliphatic rings. The van der Waals surface area contributed by atoms with Crippen molar-refractivity contribution in [2.45, 2.75) is 25.4 Å². The Morgan fingerprint density at radius 1 is 1.26 bits per heavy atom. The first-order valence-electron chi connectivity index (χ1n) is 7.33. The van der Waals surface area contributed by atoms with Crippen LogP contribution in [0, 0.1) is 5.41 Å². The lowest BCUT2D eigenvalue weighted by Crippen LogP contribution is -2.44. The maximum absolute atomic E-state index is 11.8. The summed E-state index contributed by atoms with van der Waals surface area (Å²) in [5.74, 6) is -1.61. The Morgan fingerprint density at radius 2 is 1.96 bits per heavy atom. The number of carboxylic acids is 1. The van der Waals surface area contributed by atoms with E-state index in [0.29, 0.717) is 19.5 Å². The van der Waals surface area contributed by atoms with Gasteiger partial charge in [-0.1, -0.05) is 30.3 Å². The molecule has 8 heteroatoms. The average molecular weight is 321 g/mol. The summed E-state index contributed by atoms with van der Waals surface area (Å²) in [5, 5.41) is 24.1. The highest BCUT2D eigenvalue weighted by molar-refractivity contribution is 5.84. The number of aliphatic carboxylic acids is 1. The molecule has 0 aromatic heterocycles. The van der Waals surface area contributed by atoms with Crippen LogP contribution in [0.1, 0.15) is 18.4 Å². The van der Waals surface area contributed by atoms with Crippen LogP contribution >= 0.6 is 0 Å². The van der Waals surface area contributed by atoms with Gasteiger partial charge in [-0.25, -0.2) is 4.79 Å². The molecule has 0 aliphatic carbocycles. The highest BCUT2D eigenvalue weighted by Gasteiger charge is 2.19. The zero-order valence-corrected chi connectivity index (χ0v) is 12.8. The van der Waals surface area contributed by atoms with Crippen molar-refractivity contribution in [1.82, 2.24) is 16.0 Å². The molecule has 1 atom stereocenters. The molecule has 1 aromatic rings. The Morgan fingerprint density at radius 3 is 2.57 bits per heavy atom. The number of nitrogens with two attached hydrogens (primary N) is 1. The van der Waals surface area contributed by atoms with E-state index in [1.54, 1.807) is 0 Å². The van der Waals surface area contributed by atoms with Crippen LogP contribution in [-0.2, 0) is 16.1 Å². The van der Waals surface area contributed by atoms with E-state index in [2.05, 4.69) is 16.0 Å². The van der Waals surface area contributed by atoms with Crippen molar-refractivity contribution in [2.24, 2.45) is 5.73 Å². The van der Waals surface area contributed by atoms with Crippen LogP contribution in [0.3, 0.4) is 0 Å². The number of rotatable bonds is 10. The number of carbonyl (C=O) groups excluding carboxylic acids is 1. The molecule has 0 saturated carbocycles. The number of carbonyl (C=O) groups is 2. The quantitative estimate of drug-likeness (QED) is 0.197. The lowest BCUT2D eigenvalue weighted by molar-refractivity contribution is -0.141. The summed E-state index contributed by atoms with van der Waals surface area (Å²) in [5.41, 5.74) is 6.18. The standard InChI is InChI=1S/C15H23N5O3/c16-15(17)19-8-4-7-12(14(22)23)20-13(21)10-18-9-11-5-2-1-3-6-11/h1-3,5-6,12,18H,4,7-10H2,(H,20,21)(H,22,23)(H4,16,17,19). The third-order valence-corrected chi connectivity index (χ3v) is 3.08. The normalized spacial score (nSPS) is 11.5. The molecule has 0 bridgehead atoms. The van der Waals surface area contributed by atoms with Crippen LogP contribution in [0.2, 0.25) is 0 Å². The van der Waals surface area contributed by atoms with Gasteiger partial charge in [0.05, 0.1) is 6.54 Å². The molecule has 1 amide bonds. The van der Waals surface area contributed by atoms with Gasteiger partial charge in [0.15, 0.2) is 5.96 Å². The predicted octanol–water partition coefficient (Wildman–Crippen LogP) is -0.391. The predicted molar refractivity (Wildman–Crippen MR) is 86.9 cm³/mol. The summed E-state index contributed by atoms with van der Waals surface area (Å²) < 4.78 is 0. The van der Waals surface area contributed by atoms with Crippen molar-refractivity contribution in [3.8, 4) is 0 Å². The van der Waals surface area contributed by atoms with Crippen LogP contribution in [-0.4, -0.2) is 42.1 Å². The molecule has 0 fully saturated rings. The van der Waals surface area contributed by atoms with Crippen molar-refractivity contribution in [3.63, 3.8) is 0 Å². The summed E-state index contributed by atoms with van der Waals surface area (Å²) in [6.45, 7) is 0.972. The molecule has 8 nitrogen and oxygen atoms in total.